The van der Waals surface area contributed by atoms with Gasteiger partial charge in [-0.15, -0.1) is 0 Å². The van der Waals surface area contributed by atoms with Gasteiger partial charge in [0, 0.05) is 24.0 Å². The number of phenols is 2. The summed E-state index contributed by atoms with van der Waals surface area (Å²) in [7, 11) is -4.11. The molecule has 6 rings (SSSR count). The Balaban J connectivity index is 1.36. The second-order valence-electron chi connectivity index (χ2n) is 11.1. The van der Waals surface area contributed by atoms with Crippen LogP contribution in [0.3, 0.4) is 0 Å². The normalized spacial score (nSPS) is 11.2. The van der Waals surface area contributed by atoms with E-state index in [2.05, 4.69) is 0 Å². The highest BCUT2D eigenvalue weighted by Gasteiger charge is 2.27. The lowest BCUT2D eigenvalue weighted by Gasteiger charge is -2.17. The van der Waals surface area contributed by atoms with Crippen molar-refractivity contribution in [1.29, 1.82) is 0 Å². The van der Waals surface area contributed by atoms with Crippen molar-refractivity contribution in [3.05, 3.63) is 157 Å². The number of hydrogen-bond donors (Lipinski definition) is 2. The van der Waals surface area contributed by atoms with Gasteiger partial charge in [-0.25, -0.2) is 8.42 Å². The molecule has 0 aliphatic rings. The lowest BCUT2D eigenvalue weighted by molar-refractivity contribution is 0.322. The molecule has 0 saturated heterocycles. The first-order chi connectivity index (χ1) is 22.9. The second kappa shape index (κ2) is 14.3. The van der Waals surface area contributed by atoms with Gasteiger partial charge < -0.3 is 19.7 Å². The molecule has 0 aliphatic carbocycles. The number of phenolic OH excluding ortho intramolecular Hbond substituents is 2. The minimum absolute atomic E-state index is 0.0749. The monoisotopic (exact) mass is 642 g/mol. The maximum Gasteiger partial charge on any atom is 0.207 e. The molecule has 6 aromatic rings. The molecule has 0 unspecified atom stereocenters. The molecule has 0 bridgehead atoms. The molecule has 0 aliphatic heterocycles. The van der Waals surface area contributed by atoms with E-state index < -0.39 is 9.84 Å². The molecule has 6 aromatic carbocycles. The highest BCUT2D eigenvalue weighted by molar-refractivity contribution is 7.91. The minimum Gasteiger partial charge on any atom is -0.508 e. The smallest absolute Gasteiger partial charge is 0.207 e. The molecule has 0 saturated carbocycles. The molecular formula is C40H34O6S. The lowest BCUT2D eigenvalue weighted by Crippen LogP contribution is -2.08. The molecule has 0 spiro atoms. The van der Waals surface area contributed by atoms with E-state index in [0.29, 0.717) is 59.8 Å². The Hall–Kier alpha value is -5.53. The predicted molar refractivity (Wildman–Crippen MR) is 184 cm³/mol. The van der Waals surface area contributed by atoms with E-state index in [1.54, 1.807) is 60.7 Å². The average Bonchev–Trinajstić information content (AvgIpc) is 3.10. The van der Waals surface area contributed by atoms with Crippen molar-refractivity contribution in [3.63, 3.8) is 0 Å². The maximum absolute atomic E-state index is 14.6. The number of aromatic hydroxyl groups is 2. The number of hydrogen-bond acceptors (Lipinski definition) is 6. The fourth-order valence-electron chi connectivity index (χ4n) is 5.38. The van der Waals surface area contributed by atoms with Crippen LogP contribution in [0, 0.1) is 0 Å². The van der Waals surface area contributed by atoms with Gasteiger partial charge in [0.05, 0.1) is 23.0 Å². The van der Waals surface area contributed by atoms with Gasteiger partial charge in [0.15, 0.2) is 0 Å². The van der Waals surface area contributed by atoms with E-state index in [4.69, 9.17) is 9.47 Å². The van der Waals surface area contributed by atoms with Crippen LogP contribution in [0.25, 0.3) is 22.3 Å². The summed E-state index contributed by atoms with van der Waals surface area (Å²) >= 11 is 0. The zero-order chi connectivity index (χ0) is 32.6. The zero-order valence-corrected chi connectivity index (χ0v) is 26.4. The maximum atomic E-state index is 14.6. The Bertz CT molecular complexity index is 1900. The van der Waals surface area contributed by atoms with Crippen LogP contribution < -0.4 is 9.47 Å². The second-order valence-corrected chi connectivity index (χ2v) is 13.0. The van der Waals surface area contributed by atoms with Gasteiger partial charge in [0.1, 0.15) is 23.0 Å². The van der Waals surface area contributed by atoms with E-state index in [1.165, 1.54) is 24.3 Å². The first-order valence-corrected chi connectivity index (χ1v) is 16.8. The molecule has 0 radical (unpaired) electrons. The summed E-state index contributed by atoms with van der Waals surface area (Å²) in [5, 5.41) is 19.9. The Morgan fingerprint density at radius 2 is 0.851 bits per heavy atom. The van der Waals surface area contributed by atoms with Crippen molar-refractivity contribution in [2.75, 3.05) is 13.2 Å². The number of rotatable bonds is 12. The Morgan fingerprint density at radius 3 is 1.23 bits per heavy atom. The van der Waals surface area contributed by atoms with Crippen LogP contribution >= 0.6 is 0 Å². The Labute approximate surface area is 275 Å². The molecule has 7 heteroatoms. The molecule has 236 valence electrons. The summed E-state index contributed by atoms with van der Waals surface area (Å²) in [6.45, 7) is 0.837. The summed E-state index contributed by atoms with van der Waals surface area (Å²) in [5.74, 6) is 1.21. The molecule has 47 heavy (non-hydrogen) atoms. The molecular weight excluding hydrogens is 609 g/mol. The largest absolute Gasteiger partial charge is 0.508 e. The van der Waals surface area contributed by atoms with Crippen LogP contribution in [0.5, 0.6) is 23.0 Å². The molecule has 0 amide bonds. The molecule has 6 nitrogen and oxygen atoms in total. The summed E-state index contributed by atoms with van der Waals surface area (Å²) in [4.78, 5) is 0.188. The highest BCUT2D eigenvalue weighted by Crippen LogP contribution is 2.40. The average molecular weight is 643 g/mol. The van der Waals surface area contributed by atoms with Crippen molar-refractivity contribution in [2.24, 2.45) is 0 Å². The Morgan fingerprint density at radius 1 is 0.468 bits per heavy atom. The van der Waals surface area contributed by atoms with Crippen molar-refractivity contribution < 1.29 is 28.1 Å². The first-order valence-electron chi connectivity index (χ1n) is 15.3. The fourth-order valence-corrected chi connectivity index (χ4v) is 7.04. The summed E-state index contributed by atoms with van der Waals surface area (Å²) < 4.78 is 41.3. The van der Waals surface area contributed by atoms with Gasteiger partial charge in [-0.1, -0.05) is 84.9 Å². The summed E-state index contributed by atoms with van der Waals surface area (Å²) in [5.41, 5.74) is 4.40. The van der Waals surface area contributed by atoms with Crippen LogP contribution in [0.15, 0.2) is 155 Å². The van der Waals surface area contributed by atoms with Crippen molar-refractivity contribution in [2.45, 2.75) is 22.6 Å². The highest BCUT2D eigenvalue weighted by atomic mass is 32.2. The fraction of sp³-hybridized carbons (Fsp3) is 0.100. The zero-order valence-electron chi connectivity index (χ0n) is 25.6. The molecule has 0 fully saturated rings. The molecule has 0 aromatic heterocycles. The van der Waals surface area contributed by atoms with Crippen LogP contribution in [-0.4, -0.2) is 31.8 Å². The van der Waals surface area contributed by atoms with Crippen molar-refractivity contribution in [1.82, 2.24) is 0 Å². The third kappa shape index (κ3) is 7.65. The van der Waals surface area contributed by atoms with Gasteiger partial charge in [-0.3, -0.25) is 0 Å². The van der Waals surface area contributed by atoms with Crippen LogP contribution in [0.1, 0.15) is 11.1 Å². The van der Waals surface area contributed by atoms with E-state index in [0.717, 1.165) is 11.1 Å². The first kappa shape index (κ1) is 31.5. The van der Waals surface area contributed by atoms with Gasteiger partial charge in [0.25, 0.3) is 0 Å². The standard InChI is InChI=1S/C40H34O6S/c41-33-15-11-31(12-16-33)37-27-35(45-25-23-29-7-3-1-4-8-29)19-21-39(37)47(43,44)40-22-20-36(46-26-24-30-9-5-2-6-10-30)28-38(40)32-13-17-34(42)18-14-32/h1-22,27-28,41-42H,23-26H2. The number of ether oxygens (including phenoxy) is 2. The van der Waals surface area contributed by atoms with Gasteiger partial charge in [0.2, 0.25) is 9.84 Å². The minimum atomic E-state index is -4.11. The summed E-state index contributed by atoms with van der Waals surface area (Å²) in [6, 6.07) is 42.8. The SMILES string of the molecule is O=S(=O)(c1ccc(OCCc2ccccc2)cc1-c1ccc(O)cc1)c1ccc(OCCc2ccccc2)cc1-c1ccc(O)cc1. The van der Waals surface area contributed by atoms with E-state index >= 15 is 0 Å². The van der Waals surface area contributed by atoms with Gasteiger partial charge in [-0.2, -0.15) is 0 Å². The third-order valence-electron chi connectivity index (χ3n) is 7.84. The van der Waals surface area contributed by atoms with Crippen LogP contribution in [0.2, 0.25) is 0 Å². The topological polar surface area (TPSA) is 93.1 Å². The molecule has 0 atom stereocenters. The quantitative estimate of drug-likeness (QED) is 0.139. The van der Waals surface area contributed by atoms with Gasteiger partial charge >= 0.3 is 0 Å². The lowest BCUT2D eigenvalue weighted by atomic mass is 10.0. The molecule has 2 N–H and O–H groups in total. The van der Waals surface area contributed by atoms with Crippen molar-refractivity contribution in [3.8, 4) is 45.3 Å². The summed E-state index contributed by atoms with van der Waals surface area (Å²) in [6.07, 6.45) is 1.40. The number of sulfone groups is 1. The van der Waals surface area contributed by atoms with Gasteiger partial charge in [-0.05, 0) is 82.9 Å². The van der Waals surface area contributed by atoms with E-state index in [-0.39, 0.29) is 21.3 Å². The van der Waals surface area contributed by atoms with Crippen LogP contribution in [0.4, 0.5) is 0 Å². The van der Waals surface area contributed by atoms with E-state index in [1.807, 2.05) is 60.7 Å². The Kier molecular flexibility index (Phi) is 9.55. The van der Waals surface area contributed by atoms with E-state index in [9.17, 15) is 18.6 Å². The predicted octanol–water partition coefficient (Wildman–Crippen LogP) is 8.51. The third-order valence-corrected chi connectivity index (χ3v) is 9.71. The molecule has 0 heterocycles. The van der Waals surface area contributed by atoms with Crippen molar-refractivity contribution >= 4 is 9.84 Å². The van der Waals surface area contributed by atoms with Crippen LogP contribution in [-0.2, 0) is 22.7 Å². The number of benzene rings is 6.